The van der Waals surface area contributed by atoms with Gasteiger partial charge in [-0.25, -0.2) is 32.3 Å². The smallest absolute Gasteiger partial charge is 0.339 e. The van der Waals surface area contributed by atoms with Crippen molar-refractivity contribution in [2.75, 3.05) is 23.7 Å². The van der Waals surface area contributed by atoms with Gasteiger partial charge in [0.05, 0.1) is 34.2 Å². The van der Waals surface area contributed by atoms with Crippen molar-refractivity contribution < 1.29 is 32.3 Å². The van der Waals surface area contributed by atoms with E-state index in [-0.39, 0.29) is 32.8 Å². The van der Waals surface area contributed by atoms with Crippen molar-refractivity contribution >= 4 is 46.7 Å². The number of aromatic nitrogens is 2. The summed E-state index contributed by atoms with van der Waals surface area (Å²) in [5.41, 5.74) is -1.07. The third-order valence-electron chi connectivity index (χ3n) is 4.10. The normalized spacial score (nSPS) is 11.5. The molecule has 0 saturated carbocycles. The molecule has 2 aromatic heterocycles. The number of pyridine rings is 2. The number of terminal acetylenes is 1. The number of halogens is 6. The van der Waals surface area contributed by atoms with E-state index in [4.69, 9.17) is 34.7 Å². The van der Waals surface area contributed by atoms with Gasteiger partial charge in [0, 0.05) is 26.2 Å². The number of amides is 1. The third-order valence-corrected chi connectivity index (χ3v) is 4.52. The van der Waals surface area contributed by atoms with Crippen LogP contribution in [0.15, 0.2) is 24.5 Å². The Morgan fingerprint density at radius 3 is 1.70 bits per heavy atom. The van der Waals surface area contributed by atoms with Crippen LogP contribution in [0, 0.1) is 12.3 Å². The largest absolute Gasteiger partial charge is 0.478 e. The molecule has 0 aromatic carbocycles. The highest BCUT2D eigenvalue weighted by molar-refractivity contribution is 6.31. The molecule has 0 unspecified atom stereocenters. The van der Waals surface area contributed by atoms with Crippen molar-refractivity contribution in [3.8, 4) is 12.3 Å². The van der Waals surface area contributed by atoms with Gasteiger partial charge in [-0.2, -0.15) is 0 Å². The van der Waals surface area contributed by atoms with Crippen molar-refractivity contribution in [2.24, 2.45) is 0 Å². The van der Waals surface area contributed by atoms with Gasteiger partial charge in [0.25, 0.3) is 17.8 Å². The Kier molecular flexibility index (Phi) is 11.0. The molecular formula is C23H25Cl2F4N5O3. The standard InChI is InChI=1S/C14H16ClF2N3O.C9H9ClF2N2O2/c1-5-13(2,3)20-12(21)10-6-9(15)7-18-11(10)19-8-14(4,16)17;1-9(11,12)4-14-7-6(8(15)16)2-5(10)3-13-7/h1,6-7H,8H2,2-4H3,(H,18,19)(H,20,21);2-3H,4H2,1H3,(H,13,14)(H,15,16). The minimum absolute atomic E-state index is 0.0197. The molecule has 0 bridgehead atoms. The van der Waals surface area contributed by atoms with E-state index >= 15 is 0 Å². The Hall–Kier alpha value is -3.30. The van der Waals surface area contributed by atoms with Gasteiger partial charge in [-0.1, -0.05) is 29.1 Å². The number of nitrogens with one attached hydrogen (secondary N) is 3. The number of carbonyl (C=O) groups is 2. The molecule has 4 N–H and O–H groups in total. The zero-order chi connectivity index (χ0) is 28.6. The monoisotopic (exact) mass is 565 g/mol. The van der Waals surface area contributed by atoms with E-state index in [1.54, 1.807) is 13.8 Å². The molecule has 0 fully saturated rings. The average molecular weight is 566 g/mol. The summed E-state index contributed by atoms with van der Waals surface area (Å²) in [7, 11) is 0. The van der Waals surface area contributed by atoms with Crippen LogP contribution >= 0.6 is 23.2 Å². The van der Waals surface area contributed by atoms with Gasteiger partial charge >= 0.3 is 5.97 Å². The first-order chi connectivity index (χ1) is 16.8. The zero-order valence-corrected chi connectivity index (χ0v) is 21.7. The van der Waals surface area contributed by atoms with Crippen LogP contribution in [0.4, 0.5) is 29.2 Å². The second-order valence-electron chi connectivity index (χ2n) is 8.48. The fourth-order valence-electron chi connectivity index (χ4n) is 2.36. The molecule has 0 radical (unpaired) electrons. The summed E-state index contributed by atoms with van der Waals surface area (Å²) in [5, 5.41) is 16.4. The van der Waals surface area contributed by atoms with Crippen molar-refractivity contribution in [3.05, 3.63) is 45.7 Å². The van der Waals surface area contributed by atoms with E-state index in [1.165, 1.54) is 18.5 Å². The molecule has 0 atom stereocenters. The van der Waals surface area contributed by atoms with Gasteiger partial charge in [-0.3, -0.25) is 4.79 Å². The molecule has 2 heterocycles. The summed E-state index contributed by atoms with van der Waals surface area (Å²) in [6, 6.07) is 2.49. The van der Waals surface area contributed by atoms with E-state index < -0.39 is 42.3 Å². The Morgan fingerprint density at radius 1 is 0.919 bits per heavy atom. The van der Waals surface area contributed by atoms with E-state index in [2.05, 4.69) is 31.8 Å². The topological polar surface area (TPSA) is 116 Å². The molecule has 0 spiro atoms. The van der Waals surface area contributed by atoms with Crippen LogP contribution in [0.25, 0.3) is 0 Å². The van der Waals surface area contributed by atoms with Crippen molar-refractivity contribution in [1.82, 2.24) is 15.3 Å². The number of carbonyl (C=O) groups excluding carboxylic acids is 1. The summed E-state index contributed by atoms with van der Waals surface area (Å²) < 4.78 is 50.9. The van der Waals surface area contributed by atoms with Crippen LogP contribution in [0.1, 0.15) is 48.4 Å². The molecular weight excluding hydrogens is 541 g/mol. The van der Waals surface area contributed by atoms with Gasteiger partial charge in [0.2, 0.25) is 0 Å². The number of hydrogen-bond acceptors (Lipinski definition) is 6. The van der Waals surface area contributed by atoms with Gasteiger partial charge in [-0.05, 0) is 26.0 Å². The number of hydrogen-bond donors (Lipinski definition) is 4. The number of anilines is 2. The van der Waals surface area contributed by atoms with Crippen LogP contribution in [-0.4, -0.2) is 57.4 Å². The Morgan fingerprint density at radius 2 is 1.32 bits per heavy atom. The minimum Gasteiger partial charge on any atom is -0.478 e. The van der Waals surface area contributed by atoms with E-state index in [0.717, 1.165) is 19.9 Å². The van der Waals surface area contributed by atoms with Gasteiger partial charge in [0.15, 0.2) is 0 Å². The predicted molar refractivity (Wildman–Crippen MR) is 134 cm³/mol. The highest BCUT2D eigenvalue weighted by Gasteiger charge is 2.25. The maximum atomic E-state index is 12.9. The second-order valence-corrected chi connectivity index (χ2v) is 9.35. The summed E-state index contributed by atoms with van der Waals surface area (Å²) >= 11 is 11.3. The van der Waals surface area contributed by atoms with Crippen molar-refractivity contribution in [1.29, 1.82) is 0 Å². The molecule has 0 aliphatic rings. The predicted octanol–water partition coefficient (Wildman–Crippen LogP) is 5.44. The molecule has 37 heavy (non-hydrogen) atoms. The van der Waals surface area contributed by atoms with Crippen molar-refractivity contribution in [2.45, 2.75) is 45.1 Å². The lowest BCUT2D eigenvalue weighted by molar-refractivity contribution is 0.0359. The summed E-state index contributed by atoms with van der Waals surface area (Å²) in [4.78, 5) is 30.5. The minimum atomic E-state index is -2.95. The molecule has 0 aliphatic heterocycles. The summed E-state index contributed by atoms with van der Waals surface area (Å²) in [6.45, 7) is 3.40. The van der Waals surface area contributed by atoms with Gasteiger partial charge < -0.3 is 21.1 Å². The third kappa shape index (κ3) is 12.0. The fourth-order valence-corrected chi connectivity index (χ4v) is 2.68. The maximum Gasteiger partial charge on any atom is 0.339 e. The fraction of sp³-hybridized carbons (Fsp3) is 0.391. The Balaban J connectivity index is 0.000000384. The average Bonchev–Trinajstić information content (AvgIpc) is 2.76. The lowest BCUT2D eigenvalue weighted by Gasteiger charge is -2.21. The number of aromatic carboxylic acids is 1. The van der Waals surface area contributed by atoms with Crippen LogP contribution in [0.3, 0.4) is 0 Å². The molecule has 0 saturated heterocycles. The SMILES string of the molecule is C#CC(C)(C)NC(=O)c1cc(Cl)cnc1NCC(C)(F)F.CC(F)(F)CNc1ncc(Cl)cc1C(=O)O. The molecule has 1 amide bonds. The van der Waals surface area contributed by atoms with Gasteiger partial charge in [-0.15, -0.1) is 6.42 Å². The van der Waals surface area contributed by atoms with E-state index in [0.29, 0.717) is 0 Å². The van der Waals surface area contributed by atoms with E-state index in [9.17, 15) is 27.2 Å². The van der Waals surface area contributed by atoms with Crippen LogP contribution in [0.5, 0.6) is 0 Å². The molecule has 8 nitrogen and oxygen atoms in total. The molecule has 2 rings (SSSR count). The first-order valence-corrected chi connectivity index (χ1v) is 11.2. The molecule has 0 aliphatic carbocycles. The first kappa shape index (κ1) is 31.7. The second kappa shape index (κ2) is 12.8. The number of nitrogens with zero attached hydrogens (tertiary/aromatic N) is 2. The van der Waals surface area contributed by atoms with E-state index in [1.807, 2.05) is 0 Å². The molecule has 202 valence electrons. The van der Waals surface area contributed by atoms with Crippen LogP contribution in [0.2, 0.25) is 10.0 Å². The van der Waals surface area contributed by atoms with Crippen LogP contribution < -0.4 is 16.0 Å². The number of carboxylic acid groups (broad SMARTS) is 1. The molecule has 2 aromatic rings. The lowest BCUT2D eigenvalue weighted by atomic mass is 10.1. The maximum absolute atomic E-state index is 12.9. The zero-order valence-electron chi connectivity index (χ0n) is 20.2. The quantitative estimate of drug-likeness (QED) is 0.236. The number of rotatable bonds is 9. The summed E-state index contributed by atoms with van der Waals surface area (Å²) in [6.07, 6.45) is 7.74. The Labute approximate surface area is 221 Å². The first-order valence-electron chi connectivity index (χ1n) is 10.4. The van der Waals surface area contributed by atoms with Crippen LogP contribution in [-0.2, 0) is 0 Å². The highest BCUT2D eigenvalue weighted by atomic mass is 35.5. The molecule has 14 heteroatoms. The summed E-state index contributed by atoms with van der Waals surface area (Å²) in [5.74, 6) is -5.41. The lowest BCUT2D eigenvalue weighted by Crippen LogP contribution is -2.42. The Bertz CT molecular complexity index is 1160. The van der Waals surface area contributed by atoms with Gasteiger partial charge in [0.1, 0.15) is 17.2 Å². The van der Waals surface area contributed by atoms with Crippen molar-refractivity contribution in [3.63, 3.8) is 0 Å². The number of carboxylic acids is 1. The highest BCUT2D eigenvalue weighted by Crippen LogP contribution is 2.21. The number of alkyl halides is 4.